The Kier molecular flexibility index (Phi) is 7.70. The van der Waals surface area contributed by atoms with Crippen molar-refractivity contribution in [1.29, 1.82) is 0 Å². The highest BCUT2D eigenvalue weighted by molar-refractivity contribution is 6.34. The van der Waals surface area contributed by atoms with Crippen LogP contribution in [0.15, 0.2) is 72.8 Å². The van der Waals surface area contributed by atoms with E-state index in [-0.39, 0.29) is 16.6 Å². The number of nitrogens with one attached hydrogen (secondary N) is 3. The predicted octanol–water partition coefficient (Wildman–Crippen LogP) is 6.01. The lowest BCUT2D eigenvalue weighted by Gasteiger charge is -2.21. The number of carbonyl (C=O) groups excluding carboxylic acids is 3. The fraction of sp³-hybridized carbons (Fsp3) is 0.0870. The van der Waals surface area contributed by atoms with Crippen molar-refractivity contribution in [2.45, 2.75) is 6.92 Å². The molecule has 0 bridgehead atoms. The third-order valence-corrected chi connectivity index (χ3v) is 5.02. The van der Waals surface area contributed by atoms with Crippen molar-refractivity contribution in [3.8, 4) is 0 Å². The zero-order valence-corrected chi connectivity index (χ0v) is 18.6. The molecule has 0 atom stereocenters. The van der Waals surface area contributed by atoms with Gasteiger partial charge in [-0.15, -0.1) is 0 Å². The van der Waals surface area contributed by atoms with Gasteiger partial charge in [0.05, 0.1) is 10.6 Å². The minimum absolute atomic E-state index is 0.198. The third kappa shape index (κ3) is 6.00. The standard InChI is InChI=1S/C23H20Cl2N4O3/c1-2-29(18-13-7-15(24)8-14-18)23(32)27-17-11-9-16(10-12-17)26-22(31)28-21(30)19-5-3-4-6-20(19)25/h3-14H,2H2,1H3,(H,27,32)(H2,26,28,30,31). The van der Waals surface area contributed by atoms with E-state index >= 15 is 0 Å². The maximum Gasteiger partial charge on any atom is 0.326 e. The number of hydrogen-bond donors (Lipinski definition) is 3. The van der Waals surface area contributed by atoms with E-state index in [1.165, 1.54) is 6.07 Å². The van der Waals surface area contributed by atoms with Crippen LogP contribution in [-0.4, -0.2) is 24.5 Å². The Morgan fingerprint density at radius 3 is 2.00 bits per heavy atom. The summed E-state index contributed by atoms with van der Waals surface area (Å²) in [4.78, 5) is 38.5. The molecule has 0 spiro atoms. The maximum atomic E-state index is 12.6. The third-order valence-electron chi connectivity index (χ3n) is 4.44. The number of benzene rings is 3. The van der Waals surface area contributed by atoms with Crippen LogP contribution in [0, 0.1) is 0 Å². The molecule has 5 amide bonds. The molecule has 0 saturated heterocycles. The summed E-state index contributed by atoms with van der Waals surface area (Å²) in [6, 6.07) is 18.9. The Balaban J connectivity index is 1.58. The molecule has 0 heterocycles. The van der Waals surface area contributed by atoms with Crippen molar-refractivity contribution in [1.82, 2.24) is 5.32 Å². The van der Waals surface area contributed by atoms with Gasteiger partial charge in [-0.1, -0.05) is 35.3 Å². The Hall–Kier alpha value is -3.55. The van der Waals surface area contributed by atoms with Crippen LogP contribution in [-0.2, 0) is 0 Å². The summed E-state index contributed by atoms with van der Waals surface area (Å²) >= 11 is 11.9. The van der Waals surface area contributed by atoms with Gasteiger partial charge in [-0.2, -0.15) is 0 Å². The van der Waals surface area contributed by atoms with E-state index < -0.39 is 11.9 Å². The molecular formula is C23H20Cl2N4O3. The van der Waals surface area contributed by atoms with Gasteiger partial charge < -0.3 is 10.6 Å². The lowest BCUT2D eigenvalue weighted by Crippen LogP contribution is -2.35. The van der Waals surface area contributed by atoms with Crippen molar-refractivity contribution < 1.29 is 14.4 Å². The first-order chi connectivity index (χ1) is 15.4. The molecule has 3 rings (SSSR count). The zero-order chi connectivity index (χ0) is 23.1. The molecule has 0 aliphatic heterocycles. The smallest absolute Gasteiger partial charge is 0.308 e. The number of rotatable bonds is 5. The van der Waals surface area contributed by atoms with Crippen LogP contribution in [0.3, 0.4) is 0 Å². The molecular weight excluding hydrogens is 451 g/mol. The van der Waals surface area contributed by atoms with Gasteiger partial charge in [0.2, 0.25) is 0 Å². The predicted molar refractivity (Wildman–Crippen MR) is 128 cm³/mol. The summed E-state index contributed by atoms with van der Waals surface area (Å²) in [7, 11) is 0. The summed E-state index contributed by atoms with van der Waals surface area (Å²) in [5.41, 5.74) is 1.90. The fourth-order valence-corrected chi connectivity index (χ4v) is 3.22. The van der Waals surface area contributed by atoms with Crippen molar-refractivity contribution in [3.63, 3.8) is 0 Å². The molecule has 7 nitrogen and oxygen atoms in total. The van der Waals surface area contributed by atoms with Crippen molar-refractivity contribution in [2.75, 3.05) is 22.1 Å². The van der Waals surface area contributed by atoms with Crippen LogP contribution in [0.4, 0.5) is 26.7 Å². The van der Waals surface area contributed by atoms with Gasteiger partial charge in [0, 0.05) is 28.6 Å². The average molecular weight is 471 g/mol. The number of carbonyl (C=O) groups is 3. The van der Waals surface area contributed by atoms with E-state index in [4.69, 9.17) is 23.2 Å². The number of halogens is 2. The highest BCUT2D eigenvalue weighted by Crippen LogP contribution is 2.20. The van der Waals surface area contributed by atoms with Gasteiger partial charge in [0.15, 0.2) is 0 Å². The largest absolute Gasteiger partial charge is 0.326 e. The molecule has 3 aromatic rings. The molecule has 3 N–H and O–H groups in total. The van der Waals surface area contributed by atoms with Gasteiger partial charge in [0.1, 0.15) is 0 Å². The minimum atomic E-state index is -0.702. The van der Waals surface area contributed by atoms with Gasteiger partial charge in [-0.25, -0.2) is 9.59 Å². The number of anilines is 3. The molecule has 0 radical (unpaired) electrons. The van der Waals surface area contributed by atoms with Gasteiger partial charge >= 0.3 is 12.1 Å². The Morgan fingerprint density at radius 1 is 0.812 bits per heavy atom. The molecule has 0 aliphatic carbocycles. The van der Waals surface area contributed by atoms with Crippen LogP contribution in [0.5, 0.6) is 0 Å². The number of nitrogens with zero attached hydrogens (tertiary/aromatic N) is 1. The van der Waals surface area contributed by atoms with E-state index in [9.17, 15) is 14.4 Å². The summed E-state index contributed by atoms with van der Waals surface area (Å²) in [6.07, 6.45) is 0. The van der Waals surface area contributed by atoms with Crippen LogP contribution < -0.4 is 20.9 Å². The number of amides is 5. The van der Waals surface area contributed by atoms with E-state index in [0.717, 1.165) is 0 Å². The lowest BCUT2D eigenvalue weighted by atomic mass is 10.2. The van der Waals surface area contributed by atoms with Crippen LogP contribution in [0.1, 0.15) is 17.3 Å². The van der Waals surface area contributed by atoms with Crippen LogP contribution in [0.2, 0.25) is 10.0 Å². The molecule has 0 fully saturated rings. The summed E-state index contributed by atoms with van der Waals surface area (Å²) < 4.78 is 0. The zero-order valence-electron chi connectivity index (χ0n) is 17.1. The fourth-order valence-electron chi connectivity index (χ4n) is 2.87. The van der Waals surface area contributed by atoms with Crippen molar-refractivity contribution in [2.24, 2.45) is 0 Å². The number of hydrogen-bond acceptors (Lipinski definition) is 3. The Bertz CT molecular complexity index is 1120. The van der Waals surface area contributed by atoms with E-state index in [1.54, 1.807) is 71.6 Å². The molecule has 164 valence electrons. The molecule has 0 aliphatic rings. The second-order valence-corrected chi connectivity index (χ2v) is 7.46. The second kappa shape index (κ2) is 10.7. The highest BCUT2D eigenvalue weighted by Gasteiger charge is 2.15. The normalized spacial score (nSPS) is 10.2. The van der Waals surface area contributed by atoms with Crippen LogP contribution >= 0.6 is 23.2 Å². The minimum Gasteiger partial charge on any atom is -0.308 e. The first kappa shape index (κ1) is 23.1. The molecule has 32 heavy (non-hydrogen) atoms. The van der Waals surface area contributed by atoms with Crippen molar-refractivity contribution >= 4 is 58.2 Å². The van der Waals surface area contributed by atoms with E-state index in [2.05, 4.69) is 16.0 Å². The Morgan fingerprint density at radius 2 is 1.41 bits per heavy atom. The Labute approximate surface area is 195 Å². The summed E-state index contributed by atoms with van der Waals surface area (Å²) in [5, 5.41) is 8.42. The topological polar surface area (TPSA) is 90.5 Å². The quantitative estimate of drug-likeness (QED) is 0.426. The van der Waals surface area contributed by atoms with Crippen LogP contribution in [0.25, 0.3) is 0 Å². The first-order valence-corrected chi connectivity index (χ1v) is 10.4. The lowest BCUT2D eigenvalue weighted by molar-refractivity contribution is 0.0967. The molecule has 0 saturated carbocycles. The summed E-state index contributed by atoms with van der Waals surface area (Å²) in [5.74, 6) is -0.612. The monoisotopic (exact) mass is 470 g/mol. The van der Waals surface area contributed by atoms with Crippen molar-refractivity contribution in [3.05, 3.63) is 88.4 Å². The average Bonchev–Trinajstić information content (AvgIpc) is 2.77. The first-order valence-electron chi connectivity index (χ1n) is 9.68. The van der Waals surface area contributed by atoms with E-state index in [1.807, 2.05) is 6.92 Å². The molecule has 0 aromatic heterocycles. The number of imide groups is 1. The molecule has 0 unspecified atom stereocenters. The number of urea groups is 2. The summed E-state index contributed by atoms with van der Waals surface area (Å²) in [6.45, 7) is 2.33. The van der Waals surface area contributed by atoms with Gasteiger partial charge in [0.25, 0.3) is 5.91 Å². The van der Waals surface area contributed by atoms with Gasteiger partial charge in [-0.05, 0) is 67.6 Å². The van der Waals surface area contributed by atoms with E-state index in [0.29, 0.717) is 28.6 Å². The highest BCUT2D eigenvalue weighted by atomic mass is 35.5. The maximum absolute atomic E-state index is 12.6. The van der Waals surface area contributed by atoms with Gasteiger partial charge in [-0.3, -0.25) is 15.0 Å². The second-order valence-electron chi connectivity index (χ2n) is 6.62. The SMILES string of the molecule is CCN(C(=O)Nc1ccc(NC(=O)NC(=O)c2ccccc2Cl)cc1)c1ccc(Cl)cc1. The molecule has 9 heteroatoms. The molecule has 3 aromatic carbocycles.